The lowest BCUT2D eigenvalue weighted by Gasteiger charge is -2.25. The Kier molecular flexibility index (Phi) is 4.78. The van der Waals surface area contributed by atoms with Gasteiger partial charge in [0.25, 0.3) is 5.91 Å². The van der Waals surface area contributed by atoms with Crippen LogP contribution in [0.1, 0.15) is 30.1 Å². The average Bonchev–Trinajstić information content (AvgIpc) is 3.47. The van der Waals surface area contributed by atoms with Gasteiger partial charge >= 0.3 is 0 Å². The van der Waals surface area contributed by atoms with Crippen LogP contribution in [0.4, 0.5) is 0 Å². The van der Waals surface area contributed by atoms with E-state index in [4.69, 9.17) is 0 Å². The molecule has 1 saturated heterocycles. The number of nitrogens with one attached hydrogen (secondary N) is 2. The predicted octanol–water partition coefficient (Wildman–Crippen LogP) is 2.32. The van der Waals surface area contributed by atoms with Gasteiger partial charge in [-0.05, 0) is 55.2 Å². The molecular weight excluding hydrogens is 390 g/mol. The summed E-state index contributed by atoms with van der Waals surface area (Å²) < 4.78 is 2.00. The molecule has 1 spiro atoms. The molecule has 2 fully saturated rings. The number of carbonyl (C=O) groups excluding carboxylic acids is 2. The minimum atomic E-state index is -0.413. The third-order valence-electron chi connectivity index (χ3n) is 6.38. The summed E-state index contributed by atoms with van der Waals surface area (Å²) in [6.45, 7) is 3.66. The van der Waals surface area contributed by atoms with Gasteiger partial charge in [-0.15, -0.1) is 0 Å². The maximum Gasteiger partial charge on any atom is 0.253 e. The SMILES string of the molecule is C[C@H]1CN(C(=O)c2ccc(-c3ccc4c(c3)ncn4C)cc2)CCNC2(CC2)C(=O)N1. The smallest absolute Gasteiger partial charge is 0.253 e. The van der Waals surface area contributed by atoms with Crippen LogP contribution in [0.25, 0.3) is 22.2 Å². The van der Waals surface area contributed by atoms with Gasteiger partial charge in [0.15, 0.2) is 0 Å². The number of amides is 2. The van der Waals surface area contributed by atoms with Gasteiger partial charge in [-0.25, -0.2) is 4.98 Å². The first-order valence-corrected chi connectivity index (χ1v) is 10.8. The van der Waals surface area contributed by atoms with E-state index >= 15 is 0 Å². The highest BCUT2D eigenvalue weighted by atomic mass is 16.2. The lowest BCUT2D eigenvalue weighted by Crippen LogP contribution is -2.49. The largest absolute Gasteiger partial charge is 0.350 e. The summed E-state index contributed by atoms with van der Waals surface area (Å²) in [4.78, 5) is 31.9. The van der Waals surface area contributed by atoms with Crippen molar-refractivity contribution in [2.45, 2.75) is 31.3 Å². The van der Waals surface area contributed by atoms with E-state index in [2.05, 4.69) is 33.8 Å². The fraction of sp³-hybridized carbons (Fsp3) is 0.375. The molecule has 2 aliphatic rings. The number of fused-ring (bicyclic) bond motifs is 1. The fourth-order valence-corrected chi connectivity index (χ4v) is 4.36. The van der Waals surface area contributed by atoms with Crippen molar-refractivity contribution >= 4 is 22.8 Å². The van der Waals surface area contributed by atoms with E-state index in [9.17, 15) is 9.59 Å². The number of imidazole rings is 1. The minimum Gasteiger partial charge on any atom is -0.350 e. The van der Waals surface area contributed by atoms with Crippen LogP contribution in [-0.4, -0.2) is 57.5 Å². The van der Waals surface area contributed by atoms with Crippen molar-refractivity contribution in [3.05, 3.63) is 54.4 Å². The normalized spacial score (nSPS) is 20.8. The zero-order valence-corrected chi connectivity index (χ0v) is 17.9. The topological polar surface area (TPSA) is 79.3 Å². The monoisotopic (exact) mass is 417 g/mol. The molecule has 1 aliphatic carbocycles. The van der Waals surface area contributed by atoms with Crippen molar-refractivity contribution in [3.63, 3.8) is 0 Å². The van der Waals surface area contributed by atoms with Gasteiger partial charge in [0.05, 0.1) is 22.9 Å². The van der Waals surface area contributed by atoms with E-state index in [-0.39, 0.29) is 17.9 Å². The highest BCUT2D eigenvalue weighted by Gasteiger charge is 2.50. The predicted molar refractivity (Wildman–Crippen MR) is 120 cm³/mol. The average molecular weight is 418 g/mol. The second kappa shape index (κ2) is 7.50. The van der Waals surface area contributed by atoms with Crippen molar-refractivity contribution < 1.29 is 9.59 Å². The summed E-state index contributed by atoms with van der Waals surface area (Å²) in [6, 6.07) is 13.8. The molecule has 0 radical (unpaired) electrons. The zero-order valence-electron chi connectivity index (χ0n) is 17.9. The van der Waals surface area contributed by atoms with E-state index in [0.717, 1.165) is 35.0 Å². The zero-order chi connectivity index (χ0) is 21.6. The molecule has 2 N–H and O–H groups in total. The summed E-state index contributed by atoms with van der Waals surface area (Å²) in [7, 11) is 1.98. The van der Waals surface area contributed by atoms with E-state index < -0.39 is 5.54 Å². The third-order valence-corrected chi connectivity index (χ3v) is 6.38. The molecule has 0 unspecified atom stereocenters. The van der Waals surface area contributed by atoms with Gasteiger partial charge in [-0.2, -0.15) is 0 Å². The van der Waals surface area contributed by atoms with Crippen molar-refractivity contribution in [3.8, 4) is 11.1 Å². The molecule has 5 rings (SSSR count). The van der Waals surface area contributed by atoms with Gasteiger partial charge < -0.3 is 20.1 Å². The van der Waals surface area contributed by atoms with Crippen molar-refractivity contribution in [2.75, 3.05) is 19.6 Å². The summed E-state index contributed by atoms with van der Waals surface area (Å²) in [5, 5.41) is 6.41. The Morgan fingerprint density at radius 1 is 1.13 bits per heavy atom. The number of hydrogen-bond acceptors (Lipinski definition) is 4. The number of nitrogens with zero attached hydrogens (tertiary/aromatic N) is 3. The third kappa shape index (κ3) is 3.70. The number of hydrogen-bond donors (Lipinski definition) is 2. The number of rotatable bonds is 2. The van der Waals surface area contributed by atoms with Gasteiger partial charge in [-0.1, -0.05) is 18.2 Å². The van der Waals surface area contributed by atoms with Crippen LogP contribution in [0.5, 0.6) is 0 Å². The van der Waals surface area contributed by atoms with Gasteiger partial charge in [0, 0.05) is 38.3 Å². The molecule has 7 nitrogen and oxygen atoms in total. The molecule has 0 bridgehead atoms. The van der Waals surface area contributed by atoms with Crippen LogP contribution in [0.3, 0.4) is 0 Å². The Bertz CT molecular complexity index is 1150. The maximum absolute atomic E-state index is 13.2. The second-order valence-electron chi connectivity index (χ2n) is 8.77. The summed E-state index contributed by atoms with van der Waals surface area (Å²) in [5.74, 6) is 0.0462. The van der Waals surface area contributed by atoms with Crippen molar-refractivity contribution in [1.82, 2.24) is 25.1 Å². The molecule has 3 aromatic rings. The van der Waals surface area contributed by atoms with E-state index in [1.807, 2.05) is 54.0 Å². The molecule has 2 amide bonds. The van der Waals surface area contributed by atoms with Gasteiger partial charge in [0.1, 0.15) is 0 Å². The summed E-state index contributed by atoms with van der Waals surface area (Å²) in [6.07, 6.45) is 3.54. The molecule has 1 atom stereocenters. The van der Waals surface area contributed by atoms with Crippen LogP contribution in [0, 0.1) is 0 Å². The first-order valence-electron chi connectivity index (χ1n) is 10.8. The van der Waals surface area contributed by atoms with Crippen LogP contribution in [0.2, 0.25) is 0 Å². The molecular formula is C24H27N5O2. The quantitative estimate of drug-likeness (QED) is 0.671. The van der Waals surface area contributed by atoms with Crippen LogP contribution in [0.15, 0.2) is 48.8 Å². The molecule has 1 aliphatic heterocycles. The Balaban J connectivity index is 1.33. The minimum absolute atomic E-state index is 0.0126. The maximum atomic E-state index is 13.2. The number of benzene rings is 2. The highest BCUT2D eigenvalue weighted by molar-refractivity contribution is 5.95. The number of aryl methyl sites for hydroxylation is 1. The molecule has 2 heterocycles. The first kappa shape index (κ1) is 19.8. The molecule has 31 heavy (non-hydrogen) atoms. The standard InChI is InChI=1S/C24H27N5O2/c1-16-14-29(12-11-26-24(9-10-24)23(31)27-16)22(30)18-5-3-17(4-6-18)19-7-8-21-20(13-19)25-15-28(21)2/h3-8,13,15-16,26H,9-12,14H2,1-2H3,(H,27,31)/t16-/m0/s1. The van der Waals surface area contributed by atoms with Crippen molar-refractivity contribution in [2.24, 2.45) is 7.05 Å². The Morgan fingerprint density at radius 2 is 1.87 bits per heavy atom. The summed E-state index contributed by atoms with van der Waals surface area (Å²) in [5.41, 5.74) is 4.40. The Morgan fingerprint density at radius 3 is 2.61 bits per heavy atom. The van der Waals surface area contributed by atoms with E-state index in [1.54, 1.807) is 0 Å². The van der Waals surface area contributed by atoms with Gasteiger partial charge in [0.2, 0.25) is 5.91 Å². The number of aromatic nitrogens is 2. The van der Waals surface area contributed by atoms with E-state index in [0.29, 0.717) is 25.2 Å². The molecule has 160 valence electrons. The first-order chi connectivity index (χ1) is 14.9. The van der Waals surface area contributed by atoms with Crippen LogP contribution >= 0.6 is 0 Å². The Labute approximate surface area is 181 Å². The Hall–Kier alpha value is -3.19. The van der Waals surface area contributed by atoms with Gasteiger partial charge in [-0.3, -0.25) is 9.59 Å². The lowest BCUT2D eigenvalue weighted by molar-refractivity contribution is -0.124. The molecule has 1 aromatic heterocycles. The molecule has 7 heteroatoms. The second-order valence-corrected chi connectivity index (χ2v) is 8.77. The summed E-state index contributed by atoms with van der Waals surface area (Å²) >= 11 is 0. The van der Waals surface area contributed by atoms with E-state index in [1.165, 1.54) is 0 Å². The van der Waals surface area contributed by atoms with Crippen LogP contribution < -0.4 is 10.6 Å². The lowest BCUT2D eigenvalue weighted by atomic mass is 10.0. The van der Waals surface area contributed by atoms with Crippen molar-refractivity contribution in [1.29, 1.82) is 0 Å². The fourth-order valence-electron chi connectivity index (χ4n) is 4.36. The van der Waals surface area contributed by atoms with Crippen LogP contribution in [-0.2, 0) is 11.8 Å². The molecule has 1 saturated carbocycles. The molecule has 2 aromatic carbocycles. The highest BCUT2D eigenvalue weighted by Crippen LogP contribution is 2.35. The number of carbonyl (C=O) groups is 2.